The first-order chi connectivity index (χ1) is 7.58. The molecular formula is C11H18N4O. The molecule has 16 heavy (non-hydrogen) atoms. The lowest BCUT2D eigenvalue weighted by atomic mass is 10.2. The van der Waals surface area contributed by atoms with Crippen LogP contribution in [0.4, 0.5) is 0 Å². The summed E-state index contributed by atoms with van der Waals surface area (Å²) in [5, 5.41) is 6.98. The van der Waals surface area contributed by atoms with Crippen LogP contribution in [0.15, 0.2) is 6.07 Å². The van der Waals surface area contributed by atoms with Gasteiger partial charge in [-0.05, 0) is 31.7 Å². The summed E-state index contributed by atoms with van der Waals surface area (Å²) < 4.78 is 1.59. The molecule has 1 fully saturated rings. The first-order valence-electron chi connectivity index (χ1n) is 5.62. The Morgan fingerprint density at radius 1 is 1.75 bits per heavy atom. The minimum absolute atomic E-state index is 0.0956. The fourth-order valence-electron chi connectivity index (χ4n) is 1.82. The normalized spacial score (nSPS) is 17.2. The van der Waals surface area contributed by atoms with Crippen LogP contribution >= 0.6 is 0 Å². The van der Waals surface area contributed by atoms with Crippen molar-refractivity contribution in [2.75, 3.05) is 6.54 Å². The van der Waals surface area contributed by atoms with Crippen LogP contribution < -0.4 is 11.1 Å². The van der Waals surface area contributed by atoms with Gasteiger partial charge in [0.2, 0.25) is 0 Å². The predicted molar refractivity (Wildman–Crippen MR) is 61.0 cm³/mol. The summed E-state index contributed by atoms with van der Waals surface area (Å²) >= 11 is 0. The monoisotopic (exact) mass is 222 g/mol. The number of hydrogen-bond donors (Lipinski definition) is 2. The van der Waals surface area contributed by atoms with Gasteiger partial charge in [0.15, 0.2) is 0 Å². The second-order valence-electron chi connectivity index (χ2n) is 4.51. The molecule has 1 aliphatic carbocycles. The van der Waals surface area contributed by atoms with E-state index in [4.69, 9.17) is 5.73 Å². The Labute approximate surface area is 95.0 Å². The zero-order valence-electron chi connectivity index (χ0n) is 9.73. The van der Waals surface area contributed by atoms with E-state index >= 15 is 0 Å². The maximum atomic E-state index is 11.8. The van der Waals surface area contributed by atoms with E-state index in [0.717, 1.165) is 5.69 Å². The van der Waals surface area contributed by atoms with Crippen LogP contribution in [0.5, 0.6) is 0 Å². The van der Waals surface area contributed by atoms with Crippen LogP contribution in [0.2, 0.25) is 0 Å². The van der Waals surface area contributed by atoms with Crippen molar-refractivity contribution in [2.24, 2.45) is 18.7 Å². The van der Waals surface area contributed by atoms with E-state index in [9.17, 15) is 4.79 Å². The molecule has 0 saturated heterocycles. The second-order valence-corrected chi connectivity index (χ2v) is 4.51. The van der Waals surface area contributed by atoms with Gasteiger partial charge in [-0.2, -0.15) is 5.10 Å². The minimum Gasteiger partial charge on any atom is -0.349 e. The Morgan fingerprint density at radius 3 is 2.94 bits per heavy atom. The Hall–Kier alpha value is -1.36. The van der Waals surface area contributed by atoms with Crippen molar-refractivity contribution >= 4 is 5.91 Å². The molecule has 1 atom stereocenters. The van der Waals surface area contributed by atoms with Crippen molar-refractivity contribution in [1.82, 2.24) is 15.1 Å². The van der Waals surface area contributed by atoms with Crippen molar-refractivity contribution in [2.45, 2.75) is 25.8 Å². The van der Waals surface area contributed by atoms with Crippen molar-refractivity contribution in [3.8, 4) is 0 Å². The van der Waals surface area contributed by atoms with Crippen molar-refractivity contribution in [3.05, 3.63) is 17.5 Å². The fourth-order valence-corrected chi connectivity index (χ4v) is 1.82. The van der Waals surface area contributed by atoms with Gasteiger partial charge in [-0.15, -0.1) is 0 Å². The van der Waals surface area contributed by atoms with Gasteiger partial charge in [0.25, 0.3) is 5.91 Å². The lowest BCUT2D eigenvalue weighted by Crippen LogP contribution is -2.39. The van der Waals surface area contributed by atoms with Crippen LogP contribution in [0.1, 0.15) is 29.0 Å². The molecule has 1 amide bonds. The quantitative estimate of drug-likeness (QED) is 0.764. The van der Waals surface area contributed by atoms with Gasteiger partial charge in [-0.1, -0.05) is 0 Å². The number of carbonyl (C=O) groups excluding carboxylic acids is 1. The van der Waals surface area contributed by atoms with Crippen LogP contribution in [-0.2, 0) is 7.05 Å². The number of aryl methyl sites for hydroxylation is 2. The summed E-state index contributed by atoms with van der Waals surface area (Å²) in [5.41, 5.74) is 7.34. The Bertz CT molecular complexity index is 395. The predicted octanol–water partition coefficient (Wildman–Crippen LogP) is 0.196. The molecule has 1 saturated carbocycles. The molecule has 88 valence electrons. The van der Waals surface area contributed by atoms with E-state index in [1.807, 2.05) is 6.92 Å². The van der Waals surface area contributed by atoms with E-state index in [1.54, 1.807) is 17.8 Å². The van der Waals surface area contributed by atoms with Gasteiger partial charge in [0.05, 0.1) is 5.69 Å². The van der Waals surface area contributed by atoms with Crippen molar-refractivity contribution in [1.29, 1.82) is 0 Å². The maximum Gasteiger partial charge on any atom is 0.269 e. The van der Waals surface area contributed by atoms with Gasteiger partial charge in [-0.25, -0.2) is 0 Å². The van der Waals surface area contributed by atoms with Gasteiger partial charge in [0, 0.05) is 19.6 Å². The van der Waals surface area contributed by atoms with Crippen LogP contribution in [-0.4, -0.2) is 28.3 Å². The number of nitrogens with zero attached hydrogens (tertiary/aromatic N) is 2. The number of nitrogens with one attached hydrogen (secondary N) is 1. The molecule has 0 aromatic carbocycles. The molecule has 0 spiro atoms. The second kappa shape index (κ2) is 4.25. The topological polar surface area (TPSA) is 72.9 Å². The van der Waals surface area contributed by atoms with Crippen molar-refractivity contribution in [3.63, 3.8) is 0 Å². The number of rotatable bonds is 4. The van der Waals surface area contributed by atoms with E-state index in [1.165, 1.54) is 12.8 Å². The third kappa shape index (κ3) is 2.41. The van der Waals surface area contributed by atoms with Gasteiger partial charge < -0.3 is 11.1 Å². The molecule has 0 aliphatic heterocycles. The minimum atomic E-state index is -0.0980. The molecule has 1 unspecified atom stereocenters. The van der Waals surface area contributed by atoms with Crippen LogP contribution in [0.25, 0.3) is 0 Å². The number of nitrogens with two attached hydrogens (primary N) is 1. The Kier molecular flexibility index (Phi) is 2.96. The number of aromatic nitrogens is 2. The molecule has 0 bridgehead atoms. The molecule has 1 aromatic heterocycles. The summed E-state index contributed by atoms with van der Waals surface area (Å²) in [6.45, 7) is 2.42. The number of carbonyl (C=O) groups is 1. The highest BCUT2D eigenvalue weighted by Gasteiger charge is 2.28. The number of hydrogen-bond acceptors (Lipinski definition) is 3. The van der Waals surface area contributed by atoms with Gasteiger partial charge >= 0.3 is 0 Å². The van der Waals surface area contributed by atoms with Gasteiger partial charge in [0.1, 0.15) is 5.69 Å². The molecule has 0 radical (unpaired) electrons. The largest absolute Gasteiger partial charge is 0.349 e. The van der Waals surface area contributed by atoms with Crippen molar-refractivity contribution < 1.29 is 4.79 Å². The first-order valence-corrected chi connectivity index (χ1v) is 5.62. The standard InChI is InChI=1S/C11H18N4O/c1-7-5-10(15(2)14-7)11(16)13-6-9(12)8-3-4-8/h5,8-9H,3-4,6,12H2,1-2H3,(H,13,16). The highest BCUT2D eigenvalue weighted by atomic mass is 16.2. The van der Waals surface area contributed by atoms with Gasteiger partial charge in [-0.3, -0.25) is 9.48 Å². The Balaban J connectivity index is 1.89. The lowest BCUT2D eigenvalue weighted by Gasteiger charge is -2.11. The Morgan fingerprint density at radius 2 is 2.44 bits per heavy atom. The zero-order chi connectivity index (χ0) is 11.7. The molecule has 1 aliphatic rings. The highest BCUT2D eigenvalue weighted by molar-refractivity contribution is 5.92. The van der Waals surface area contributed by atoms with E-state index in [2.05, 4.69) is 10.4 Å². The molecule has 3 N–H and O–H groups in total. The van der Waals surface area contributed by atoms with E-state index in [0.29, 0.717) is 18.2 Å². The summed E-state index contributed by atoms with van der Waals surface area (Å²) in [6, 6.07) is 1.87. The molecule has 1 heterocycles. The summed E-state index contributed by atoms with van der Waals surface area (Å²) in [7, 11) is 1.77. The van der Waals surface area contributed by atoms with E-state index < -0.39 is 0 Å². The fraction of sp³-hybridized carbons (Fsp3) is 0.636. The highest BCUT2D eigenvalue weighted by Crippen LogP contribution is 2.31. The lowest BCUT2D eigenvalue weighted by molar-refractivity contribution is 0.0941. The average molecular weight is 222 g/mol. The smallest absolute Gasteiger partial charge is 0.269 e. The third-order valence-corrected chi connectivity index (χ3v) is 2.96. The first kappa shape index (κ1) is 11.1. The van der Waals surface area contributed by atoms with Crippen LogP contribution in [0, 0.1) is 12.8 Å². The molecule has 5 nitrogen and oxygen atoms in total. The summed E-state index contributed by atoms with van der Waals surface area (Å²) in [5.74, 6) is 0.507. The maximum absolute atomic E-state index is 11.8. The molecule has 2 rings (SSSR count). The third-order valence-electron chi connectivity index (χ3n) is 2.96. The summed E-state index contributed by atoms with van der Waals surface area (Å²) in [6.07, 6.45) is 2.39. The SMILES string of the molecule is Cc1cc(C(=O)NCC(N)C2CC2)n(C)n1. The molecular weight excluding hydrogens is 204 g/mol. The van der Waals surface area contributed by atoms with E-state index in [-0.39, 0.29) is 11.9 Å². The molecule has 5 heteroatoms. The average Bonchev–Trinajstić information content (AvgIpc) is 3.01. The molecule has 1 aromatic rings. The summed E-state index contributed by atoms with van der Waals surface area (Å²) in [4.78, 5) is 11.8. The number of amides is 1. The zero-order valence-corrected chi connectivity index (χ0v) is 9.73. The van der Waals surface area contributed by atoms with Crippen LogP contribution in [0.3, 0.4) is 0 Å².